The smallest absolute Gasteiger partial charge is 0.243 e. The zero-order valence-corrected chi connectivity index (χ0v) is 20.5. The zero-order chi connectivity index (χ0) is 24.6. The van der Waals surface area contributed by atoms with Gasteiger partial charge in [-0.15, -0.1) is 0 Å². The van der Waals surface area contributed by atoms with Gasteiger partial charge in [-0.05, 0) is 55.0 Å². The highest BCUT2D eigenvalue weighted by Gasteiger charge is 2.08. The molecule has 3 aromatic rings. The summed E-state index contributed by atoms with van der Waals surface area (Å²) in [6, 6.07) is 24.7. The van der Waals surface area contributed by atoms with Crippen LogP contribution in [0, 0.1) is 0 Å². The van der Waals surface area contributed by atoms with Crippen LogP contribution in [0.1, 0.15) is 39.0 Å². The van der Waals surface area contributed by atoms with Crippen molar-refractivity contribution < 1.29 is 19.0 Å². The lowest BCUT2D eigenvalue weighted by Gasteiger charge is -2.14. The van der Waals surface area contributed by atoms with Gasteiger partial charge in [0.05, 0.1) is 18.8 Å². The molecule has 0 radical (unpaired) electrons. The summed E-state index contributed by atoms with van der Waals surface area (Å²) in [5, 5.41) is 6.05. The first kappa shape index (κ1) is 25.9. The molecule has 35 heavy (non-hydrogen) atoms. The van der Waals surface area contributed by atoms with E-state index in [1.807, 2.05) is 78.9 Å². The number of nitrogens with one attached hydrogen (secondary N) is 2. The number of amides is 1. The van der Waals surface area contributed by atoms with Gasteiger partial charge < -0.3 is 24.8 Å². The number of hydrogen-bond donors (Lipinski definition) is 2. The average Bonchev–Trinajstić information content (AvgIpc) is 2.89. The predicted molar refractivity (Wildman–Crippen MR) is 142 cm³/mol. The molecule has 0 fully saturated rings. The Labute approximate surface area is 208 Å². The van der Waals surface area contributed by atoms with Crippen molar-refractivity contribution in [1.82, 2.24) is 0 Å². The fourth-order valence-electron chi connectivity index (χ4n) is 3.47. The quantitative estimate of drug-likeness (QED) is 0.230. The molecule has 6 nitrogen and oxygen atoms in total. The van der Waals surface area contributed by atoms with E-state index in [2.05, 4.69) is 17.6 Å². The zero-order valence-electron chi connectivity index (χ0n) is 20.5. The van der Waals surface area contributed by atoms with Crippen LogP contribution in [0.2, 0.25) is 0 Å². The molecule has 0 aliphatic carbocycles. The third-order valence-electron chi connectivity index (χ3n) is 5.34. The molecular weight excluding hydrogens is 440 g/mol. The fourth-order valence-corrected chi connectivity index (χ4v) is 3.47. The van der Waals surface area contributed by atoms with Gasteiger partial charge in [0, 0.05) is 5.69 Å². The number of ether oxygens (including phenoxy) is 3. The van der Waals surface area contributed by atoms with E-state index in [9.17, 15) is 4.79 Å². The van der Waals surface area contributed by atoms with E-state index in [-0.39, 0.29) is 12.5 Å². The van der Waals surface area contributed by atoms with Crippen LogP contribution in [-0.2, 0) is 4.79 Å². The number of hydrogen-bond acceptors (Lipinski definition) is 5. The van der Waals surface area contributed by atoms with Crippen LogP contribution in [0.25, 0.3) is 0 Å². The second-order valence-electron chi connectivity index (χ2n) is 8.19. The van der Waals surface area contributed by atoms with Gasteiger partial charge >= 0.3 is 0 Å². The Hall–Kier alpha value is -3.67. The topological polar surface area (TPSA) is 68.8 Å². The number of benzene rings is 3. The van der Waals surface area contributed by atoms with Gasteiger partial charge in [0.1, 0.15) is 30.5 Å². The summed E-state index contributed by atoms with van der Waals surface area (Å²) < 4.78 is 17.3. The molecule has 3 rings (SSSR count). The molecule has 0 saturated carbocycles. The van der Waals surface area contributed by atoms with Crippen LogP contribution < -0.4 is 24.8 Å². The molecule has 6 heteroatoms. The maximum absolute atomic E-state index is 12.5. The van der Waals surface area contributed by atoms with Crippen molar-refractivity contribution in [2.45, 2.75) is 39.0 Å². The molecular formula is C29H36N2O4. The summed E-state index contributed by atoms with van der Waals surface area (Å²) >= 11 is 0. The summed E-state index contributed by atoms with van der Waals surface area (Å²) in [5.74, 6) is 2.09. The molecule has 0 aliphatic heterocycles. The lowest BCUT2D eigenvalue weighted by Crippen LogP contribution is -2.22. The Kier molecular flexibility index (Phi) is 11.3. The van der Waals surface area contributed by atoms with Gasteiger partial charge in [0.2, 0.25) is 5.91 Å². The van der Waals surface area contributed by atoms with Crippen LogP contribution in [0.3, 0.4) is 0 Å². The van der Waals surface area contributed by atoms with Crippen molar-refractivity contribution in [2.24, 2.45) is 0 Å². The van der Waals surface area contributed by atoms with Gasteiger partial charge in [-0.3, -0.25) is 4.79 Å². The van der Waals surface area contributed by atoms with E-state index in [0.717, 1.165) is 30.2 Å². The minimum absolute atomic E-state index is 0.142. The maximum atomic E-state index is 12.5. The number of rotatable bonds is 16. The van der Waals surface area contributed by atoms with Crippen molar-refractivity contribution in [3.05, 3.63) is 78.9 Å². The summed E-state index contributed by atoms with van der Waals surface area (Å²) in [5.41, 5.74) is 1.49. The van der Waals surface area contributed by atoms with Crippen LogP contribution in [0.4, 0.5) is 11.4 Å². The molecule has 3 aromatic carbocycles. The summed E-state index contributed by atoms with van der Waals surface area (Å²) in [7, 11) is 0. The lowest BCUT2D eigenvalue weighted by atomic mass is 10.2. The third-order valence-corrected chi connectivity index (χ3v) is 5.34. The third kappa shape index (κ3) is 10.0. The van der Waals surface area contributed by atoms with Gasteiger partial charge in [0.25, 0.3) is 0 Å². The highest BCUT2D eigenvalue weighted by molar-refractivity contribution is 5.95. The van der Waals surface area contributed by atoms with Crippen molar-refractivity contribution in [1.29, 1.82) is 0 Å². The lowest BCUT2D eigenvalue weighted by molar-refractivity contribution is -0.114. The van der Waals surface area contributed by atoms with Gasteiger partial charge in [0.15, 0.2) is 0 Å². The fraction of sp³-hybridized carbons (Fsp3) is 0.345. The Morgan fingerprint density at radius 3 is 2.14 bits per heavy atom. The van der Waals surface area contributed by atoms with Crippen molar-refractivity contribution in [3.8, 4) is 17.2 Å². The SMILES string of the molecule is CCCCCCCOc1ccc(NCC(=O)Nc2ccccc2OCCOc2ccccc2)cc1. The highest BCUT2D eigenvalue weighted by atomic mass is 16.5. The van der Waals surface area contributed by atoms with Gasteiger partial charge in [-0.1, -0.05) is 62.9 Å². The largest absolute Gasteiger partial charge is 0.494 e. The maximum Gasteiger partial charge on any atom is 0.243 e. The molecule has 0 spiro atoms. The van der Waals surface area contributed by atoms with Gasteiger partial charge in [-0.2, -0.15) is 0 Å². The molecule has 0 aromatic heterocycles. The first-order valence-electron chi connectivity index (χ1n) is 12.4. The van der Waals surface area contributed by atoms with Crippen LogP contribution in [0.15, 0.2) is 78.9 Å². The number of para-hydroxylation sites is 3. The predicted octanol–water partition coefficient (Wildman–Crippen LogP) is 6.54. The first-order chi connectivity index (χ1) is 17.2. The summed E-state index contributed by atoms with van der Waals surface area (Å²) in [4.78, 5) is 12.5. The Bertz CT molecular complexity index is 993. The molecule has 186 valence electrons. The molecule has 0 aliphatic rings. The number of carbonyl (C=O) groups excluding carboxylic acids is 1. The van der Waals surface area contributed by atoms with Crippen LogP contribution >= 0.6 is 0 Å². The Morgan fingerprint density at radius 2 is 1.34 bits per heavy atom. The van der Waals surface area contributed by atoms with Crippen molar-refractivity contribution in [3.63, 3.8) is 0 Å². The molecule has 0 heterocycles. The second-order valence-corrected chi connectivity index (χ2v) is 8.19. The molecule has 1 amide bonds. The molecule has 0 saturated heterocycles. The number of carbonyl (C=O) groups is 1. The van der Waals surface area contributed by atoms with E-state index in [4.69, 9.17) is 14.2 Å². The highest BCUT2D eigenvalue weighted by Crippen LogP contribution is 2.24. The molecule has 2 N–H and O–H groups in total. The van der Waals surface area contributed by atoms with E-state index >= 15 is 0 Å². The standard InChI is InChI=1S/C29H36N2O4/c1-2-3-4-5-11-20-33-26-18-16-24(17-19-26)30-23-29(32)31-27-14-9-10-15-28(27)35-22-21-34-25-12-7-6-8-13-25/h6-10,12-19,30H,2-5,11,20-23H2,1H3,(H,31,32). The second kappa shape index (κ2) is 15.3. The monoisotopic (exact) mass is 476 g/mol. The van der Waals surface area contributed by atoms with E-state index in [0.29, 0.717) is 24.7 Å². The van der Waals surface area contributed by atoms with E-state index in [1.165, 1.54) is 25.7 Å². The molecule has 0 bridgehead atoms. The molecule has 0 atom stereocenters. The summed E-state index contributed by atoms with van der Waals surface area (Å²) in [6.07, 6.45) is 6.09. The van der Waals surface area contributed by atoms with E-state index < -0.39 is 0 Å². The Morgan fingerprint density at radius 1 is 0.686 bits per heavy atom. The minimum Gasteiger partial charge on any atom is -0.494 e. The molecule has 0 unspecified atom stereocenters. The van der Waals surface area contributed by atoms with Crippen molar-refractivity contribution >= 4 is 17.3 Å². The minimum atomic E-state index is -0.158. The summed E-state index contributed by atoms with van der Waals surface area (Å²) in [6.45, 7) is 3.87. The van der Waals surface area contributed by atoms with Crippen LogP contribution in [0.5, 0.6) is 17.2 Å². The van der Waals surface area contributed by atoms with E-state index in [1.54, 1.807) is 0 Å². The van der Waals surface area contributed by atoms with Crippen molar-refractivity contribution in [2.75, 3.05) is 37.0 Å². The van der Waals surface area contributed by atoms with Gasteiger partial charge in [-0.25, -0.2) is 0 Å². The normalized spacial score (nSPS) is 10.4. The number of unbranched alkanes of at least 4 members (excludes halogenated alkanes) is 4. The Balaban J connectivity index is 1.37. The first-order valence-corrected chi connectivity index (χ1v) is 12.4. The number of anilines is 2. The van der Waals surface area contributed by atoms with Crippen LogP contribution in [-0.4, -0.2) is 32.3 Å². The average molecular weight is 477 g/mol.